The zero-order chi connectivity index (χ0) is 14.7. The number of nitrogens with one attached hydrogen (secondary N) is 1. The maximum Gasteiger partial charge on any atom is 0.0798 e. The van der Waals surface area contributed by atoms with Gasteiger partial charge in [-0.2, -0.15) is 0 Å². The summed E-state index contributed by atoms with van der Waals surface area (Å²) in [6.45, 7) is 5.13. The average molecular weight is 354 g/mol. The van der Waals surface area contributed by atoms with Gasteiger partial charge < -0.3 is 10.2 Å². The van der Waals surface area contributed by atoms with E-state index in [0.29, 0.717) is 6.04 Å². The fourth-order valence-electron chi connectivity index (χ4n) is 2.15. The van der Waals surface area contributed by atoms with Gasteiger partial charge in [0.2, 0.25) is 0 Å². The number of aromatic nitrogens is 1. The van der Waals surface area contributed by atoms with E-state index >= 15 is 0 Å². The molecule has 1 N–H and O–H groups in total. The van der Waals surface area contributed by atoms with Gasteiger partial charge in [0.15, 0.2) is 0 Å². The van der Waals surface area contributed by atoms with E-state index < -0.39 is 0 Å². The molecule has 1 aromatic heterocycles. The standard InChI is InChI=1S/C15H20BrN3S/c1-10(17-3)13-6-5-12(16)7-14(13)19(4)8-15-11(2)18-9-20-15/h5-7,9-10,17H,8H2,1-4H3. The number of thiazole rings is 1. The minimum Gasteiger partial charge on any atom is -0.369 e. The fourth-order valence-corrected chi connectivity index (χ4v) is 3.33. The van der Waals surface area contributed by atoms with Gasteiger partial charge in [-0.05, 0) is 38.6 Å². The van der Waals surface area contributed by atoms with Crippen molar-refractivity contribution in [3.05, 3.63) is 44.3 Å². The van der Waals surface area contributed by atoms with Crippen molar-refractivity contribution in [1.29, 1.82) is 0 Å². The summed E-state index contributed by atoms with van der Waals surface area (Å²) in [4.78, 5) is 7.93. The van der Waals surface area contributed by atoms with Crippen LogP contribution in [0.1, 0.15) is 29.1 Å². The van der Waals surface area contributed by atoms with Crippen LogP contribution in [0, 0.1) is 6.92 Å². The smallest absolute Gasteiger partial charge is 0.0798 e. The SMILES string of the molecule is CNC(C)c1ccc(Br)cc1N(C)Cc1scnc1C. The molecule has 0 bridgehead atoms. The molecule has 1 aromatic carbocycles. The van der Waals surface area contributed by atoms with Gasteiger partial charge in [-0.3, -0.25) is 0 Å². The Hall–Kier alpha value is -0.910. The molecule has 2 rings (SSSR count). The quantitative estimate of drug-likeness (QED) is 0.875. The summed E-state index contributed by atoms with van der Waals surface area (Å²) in [6.07, 6.45) is 0. The van der Waals surface area contributed by atoms with Crippen LogP contribution in [0.4, 0.5) is 5.69 Å². The molecule has 0 saturated carbocycles. The Labute approximate surface area is 133 Å². The highest BCUT2D eigenvalue weighted by molar-refractivity contribution is 9.10. The van der Waals surface area contributed by atoms with Gasteiger partial charge in [0.1, 0.15) is 0 Å². The molecule has 0 aliphatic rings. The monoisotopic (exact) mass is 353 g/mol. The van der Waals surface area contributed by atoms with Gasteiger partial charge in [0, 0.05) is 28.1 Å². The predicted molar refractivity (Wildman–Crippen MR) is 90.6 cm³/mol. The molecule has 1 atom stereocenters. The topological polar surface area (TPSA) is 28.2 Å². The molecule has 1 heterocycles. The Balaban J connectivity index is 2.30. The summed E-state index contributed by atoms with van der Waals surface area (Å²) >= 11 is 5.29. The van der Waals surface area contributed by atoms with E-state index in [1.807, 2.05) is 12.6 Å². The zero-order valence-electron chi connectivity index (χ0n) is 12.3. The Morgan fingerprint density at radius 3 is 2.80 bits per heavy atom. The Morgan fingerprint density at radius 2 is 2.20 bits per heavy atom. The lowest BCUT2D eigenvalue weighted by Crippen LogP contribution is -2.21. The van der Waals surface area contributed by atoms with Gasteiger partial charge in [-0.25, -0.2) is 4.98 Å². The number of halogens is 1. The molecule has 5 heteroatoms. The van der Waals surface area contributed by atoms with Crippen LogP contribution in [0.15, 0.2) is 28.2 Å². The van der Waals surface area contributed by atoms with Crippen LogP contribution in [-0.4, -0.2) is 19.1 Å². The first-order chi connectivity index (χ1) is 9.52. The Kier molecular flexibility index (Phi) is 5.18. The molecule has 1 unspecified atom stereocenters. The highest BCUT2D eigenvalue weighted by Crippen LogP contribution is 2.30. The summed E-state index contributed by atoms with van der Waals surface area (Å²) < 4.78 is 1.10. The summed E-state index contributed by atoms with van der Waals surface area (Å²) in [7, 11) is 4.12. The van der Waals surface area contributed by atoms with Crippen LogP contribution in [0.5, 0.6) is 0 Å². The first-order valence-electron chi connectivity index (χ1n) is 6.59. The van der Waals surface area contributed by atoms with Crippen molar-refractivity contribution in [2.45, 2.75) is 26.4 Å². The summed E-state index contributed by atoms with van der Waals surface area (Å²) in [5.74, 6) is 0. The van der Waals surface area contributed by atoms with E-state index in [9.17, 15) is 0 Å². The third-order valence-electron chi connectivity index (χ3n) is 3.53. The number of aryl methyl sites for hydroxylation is 1. The molecular weight excluding hydrogens is 334 g/mol. The lowest BCUT2D eigenvalue weighted by Gasteiger charge is -2.25. The molecule has 0 aliphatic carbocycles. The van der Waals surface area contributed by atoms with Crippen molar-refractivity contribution in [2.75, 3.05) is 19.0 Å². The fraction of sp³-hybridized carbons (Fsp3) is 0.400. The van der Waals surface area contributed by atoms with E-state index in [2.05, 4.69) is 70.2 Å². The number of hydrogen-bond acceptors (Lipinski definition) is 4. The molecule has 0 fully saturated rings. The average Bonchev–Trinajstić information content (AvgIpc) is 2.83. The Bertz CT molecular complexity index is 582. The van der Waals surface area contributed by atoms with Gasteiger partial charge in [0.25, 0.3) is 0 Å². The van der Waals surface area contributed by atoms with Crippen molar-refractivity contribution in [1.82, 2.24) is 10.3 Å². The van der Waals surface area contributed by atoms with Crippen LogP contribution >= 0.6 is 27.3 Å². The van der Waals surface area contributed by atoms with Gasteiger partial charge in [0.05, 0.1) is 17.7 Å². The van der Waals surface area contributed by atoms with Crippen LogP contribution < -0.4 is 10.2 Å². The summed E-state index contributed by atoms with van der Waals surface area (Å²) in [5, 5.41) is 3.31. The highest BCUT2D eigenvalue weighted by atomic mass is 79.9. The molecule has 0 amide bonds. The normalized spacial score (nSPS) is 12.4. The number of hydrogen-bond donors (Lipinski definition) is 1. The van der Waals surface area contributed by atoms with Crippen molar-refractivity contribution >= 4 is 33.0 Å². The lowest BCUT2D eigenvalue weighted by atomic mass is 10.1. The summed E-state index contributed by atoms with van der Waals surface area (Å²) in [6, 6.07) is 6.78. The number of benzene rings is 1. The van der Waals surface area contributed by atoms with Crippen molar-refractivity contribution in [2.24, 2.45) is 0 Å². The largest absolute Gasteiger partial charge is 0.369 e. The van der Waals surface area contributed by atoms with E-state index in [4.69, 9.17) is 0 Å². The maximum absolute atomic E-state index is 4.32. The molecule has 0 radical (unpaired) electrons. The second-order valence-electron chi connectivity index (χ2n) is 4.93. The van der Waals surface area contributed by atoms with Gasteiger partial charge in [-0.15, -0.1) is 11.3 Å². The number of nitrogens with zero attached hydrogens (tertiary/aromatic N) is 2. The minimum absolute atomic E-state index is 0.322. The van der Waals surface area contributed by atoms with E-state index in [0.717, 1.165) is 16.7 Å². The molecule has 108 valence electrons. The van der Waals surface area contributed by atoms with Crippen LogP contribution in [0.3, 0.4) is 0 Å². The second-order valence-corrected chi connectivity index (χ2v) is 6.79. The van der Waals surface area contributed by atoms with Crippen molar-refractivity contribution in [3.8, 4) is 0 Å². The molecule has 0 saturated heterocycles. The van der Waals surface area contributed by atoms with Crippen LogP contribution in [-0.2, 0) is 6.54 Å². The zero-order valence-corrected chi connectivity index (χ0v) is 14.7. The highest BCUT2D eigenvalue weighted by Gasteiger charge is 2.14. The summed E-state index contributed by atoms with van der Waals surface area (Å²) in [5.41, 5.74) is 5.59. The van der Waals surface area contributed by atoms with E-state index in [1.165, 1.54) is 16.1 Å². The molecule has 20 heavy (non-hydrogen) atoms. The predicted octanol–water partition coefficient (Wildman–Crippen LogP) is 4.13. The van der Waals surface area contributed by atoms with E-state index in [-0.39, 0.29) is 0 Å². The molecule has 0 spiro atoms. The molecule has 3 nitrogen and oxygen atoms in total. The number of anilines is 1. The van der Waals surface area contributed by atoms with Gasteiger partial charge in [-0.1, -0.05) is 22.0 Å². The Morgan fingerprint density at radius 1 is 1.45 bits per heavy atom. The van der Waals surface area contributed by atoms with Crippen molar-refractivity contribution < 1.29 is 0 Å². The maximum atomic E-state index is 4.32. The molecule has 2 aromatic rings. The van der Waals surface area contributed by atoms with E-state index in [1.54, 1.807) is 11.3 Å². The van der Waals surface area contributed by atoms with Crippen molar-refractivity contribution in [3.63, 3.8) is 0 Å². The van der Waals surface area contributed by atoms with Crippen LogP contribution in [0.25, 0.3) is 0 Å². The third-order valence-corrected chi connectivity index (χ3v) is 4.94. The number of rotatable bonds is 5. The second kappa shape index (κ2) is 6.70. The first-order valence-corrected chi connectivity index (χ1v) is 8.27. The minimum atomic E-state index is 0.322. The first kappa shape index (κ1) is 15.5. The molecular formula is C15H20BrN3S. The molecule has 0 aliphatic heterocycles. The lowest BCUT2D eigenvalue weighted by molar-refractivity contribution is 0.649. The third kappa shape index (κ3) is 3.40. The van der Waals surface area contributed by atoms with Crippen LogP contribution in [0.2, 0.25) is 0 Å². The van der Waals surface area contributed by atoms with Gasteiger partial charge >= 0.3 is 0 Å².